The van der Waals surface area contributed by atoms with Crippen molar-refractivity contribution in [2.75, 3.05) is 44.8 Å². The second kappa shape index (κ2) is 8.70. The molecule has 2 saturated heterocycles. The summed E-state index contributed by atoms with van der Waals surface area (Å²) in [7, 11) is 0. The van der Waals surface area contributed by atoms with Crippen LogP contribution in [0.2, 0.25) is 0 Å². The molecule has 1 amide bonds. The number of carbonyl (C=O) groups excluding carboxylic acids is 1. The Labute approximate surface area is 164 Å². The number of ether oxygens (including phenoxy) is 2. The summed E-state index contributed by atoms with van der Waals surface area (Å²) in [5, 5.41) is 10.9. The molecule has 1 aromatic heterocycles. The molecule has 2 fully saturated rings. The smallest absolute Gasteiger partial charge is 0.277 e. The largest absolute Gasteiger partial charge is 0.492 e. The first-order chi connectivity index (χ1) is 13.7. The van der Waals surface area contributed by atoms with Crippen LogP contribution in [0.25, 0.3) is 0 Å². The van der Waals surface area contributed by atoms with Crippen molar-refractivity contribution in [1.82, 2.24) is 19.9 Å². The molecule has 0 aliphatic carbocycles. The maximum Gasteiger partial charge on any atom is 0.277 e. The first-order valence-corrected chi connectivity index (χ1v) is 9.96. The Morgan fingerprint density at radius 1 is 1.36 bits per heavy atom. The molecule has 3 heterocycles. The standard InChI is InChI=1S/C20H27N5O3/c1-15-12-16(4-5-19(15)28-11-9-24-7-2-3-8-24)21-20(26)18-13-25(23-22-18)17-6-10-27-14-17/h4-5,12-13,17H,2-3,6-11,14H2,1H3,(H,21,26)/t17-/m1/s1. The third kappa shape index (κ3) is 4.51. The topological polar surface area (TPSA) is 81.5 Å². The van der Waals surface area contributed by atoms with Crippen molar-refractivity contribution < 1.29 is 14.3 Å². The lowest BCUT2D eigenvalue weighted by Crippen LogP contribution is -2.25. The molecule has 150 valence electrons. The van der Waals surface area contributed by atoms with Crippen LogP contribution >= 0.6 is 0 Å². The molecule has 0 unspecified atom stereocenters. The predicted molar refractivity (Wildman–Crippen MR) is 105 cm³/mol. The zero-order valence-corrected chi connectivity index (χ0v) is 16.3. The first kappa shape index (κ1) is 18.9. The highest BCUT2D eigenvalue weighted by Gasteiger charge is 2.21. The Balaban J connectivity index is 1.31. The monoisotopic (exact) mass is 385 g/mol. The fraction of sp³-hybridized carbons (Fsp3) is 0.550. The number of aromatic nitrogens is 3. The summed E-state index contributed by atoms with van der Waals surface area (Å²) in [6, 6.07) is 5.83. The highest BCUT2D eigenvalue weighted by molar-refractivity contribution is 6.02. The Kier molecular flexibility index (Phi) is 5.87. The van der Waals surface area contributed by atoms with Gasteiger partial charge in [0.15, 0.2) is 5.69 Å². The quantitative estimate of drug-likeness (QED) is 0.787. The number of hydrogen-bond donors (Lipinski definition) is 1. The summed E-state index contributed by atoms with van der Waals surface area (Å²) in [4.78, 5) is 14.9. The van der Waals surface area contributed by atoms with Crippen molar-refractivity contribution in [3.63, 3.8) is 0 Å². The van der Waals surface area contributed by atoms with E-state index in [1.807, 2.05) is 25.1 Å². The highest BCUT2D eigenvalue weighted by Crippen LogP contribution is 2.23. The number of rotatable bonds is 7. The molecule has 2 aliphatic rings. The van der Waals surface area contributed by atoms with Crippen molar-refractivity contribution in [3.8, 4) is 5.75 Å². The van der Waals surface area contributed by atoms with Gasteiger partial charge in [-0.1, -0.05) is 5.21 Å². The van der Waals surface area contributed by atoms with Crippen LogP contribution < -0.4 is 10.1 Å². The van der Waals surface area contributed by atoms with Crippen LogP contribution in [0.15, 0.2) is 24.4 Å². The van der Waals surface area contributed by atoms with Gasteiger partial charge in [0.05, 0.1) is 18.8 Å². The number of amides is 1. The van der Waals surface area contributed by atoms with Gasteiger partial charge in [-0.05, 0) is 63.0 Å². The van der Waals surface area contributed by atoms with E-state index in [1.165, 1.54) is 25.9 Å². The van der Waals surface area contributed by atoms with E-state index in [2.05, 4.69) is 20.5 Å². The van der Waals surface area contributed by atoms with Crippen LogP contribution in [0.1, 0.15) is 41.4 Å². The summed E-state index contributed by atoms with van der Waals surface area (Å²) >= 11 is 0. The molecule has 1 aromatic carbocycles. The minimum absolute atomic E-state index is 0.160. The molecule has 0 radical (unpaired) electrons. The molecular formula is C20H27N5O3. The average molecular weight is 385 g/mol. The van der Waals surface area contributed by atoms with Crippen LogP contribution in [0.3, 0.4) is 0 Å². The molecule has 0 bridgehead atoms. The summed E-state index contributed by atoms with van der Waals surface area (Å²) in [6.45, 7) is 7.30. The van der Waals surface area contributed by atoms with Gasteiger partial charge in [-0.3, -0.25) is 9.69 Å². The van der Waals surface area contributed by atoms with Crippen molar-refractivity contribution in [3.05, 3.63) is 35.7 Å². The van der Waals surface area contributed by atoms with Gasteiger partial charge in [-0.25, -0.2) is 4.68 Å². The van der Waals surface area contributed by atoms with E-state index in [0.29, 0.717) is 24.6 Å². The fourth-order valence-electron chi connectivity index (χ4n) is 3.67. The van der Waals surface area contributed by atoms with E-state index in [9.17, 15) is 4.79 Å². The second-order valence-corrected chi connectivity index (χ2v) is 7.43. The average Bonchev–Trinajstić information content (AvgIpc) is 3.45. The van der Waals surface area contributed by atoms with Gasteiger partial charge >= 0.3 is 0 Å². The molecule has 0 spiro atoms. The Hall–Kier alpha value is -2.45. The number of nitrogens with zero attached hydrogens (tertiary/aromatic N) is 4. The molecule has 2 aromatic rings. The Morgan fingerprint density at radius 2 is 2.21 bits per heavy atom. The van der Waals surface area contributed by atoms with Crippen LogP contribution in [-0.4, -0.2) is 65.3 Å². The Bertz CT molecular complexity index is 810. The van der Waals surface area contributed by atoms with Gasteiger partial charge in [0.1, 0.15) is 12.4 Å². The van der Waals surface area contributed by atoms with Crippen LogP contribution in [0.4, 0.5) is 5.69 Å². The van der Waals surface area contributed by atoms with Gasteiger partial charge in [0.25, 0.3) is 5.91 Å². The van der Waals surface area contributed by atoms with Gasteiger partial charge in [-0.15, -0.1) is 5.10 Å². The number of nitrogens with one attached hydrogen (secondary N) is 1. The second-order valence-electron chi connectivity index (χ2n) is 7.43. The van der Waals surface area contributed by atoms with Gasteiger partial charge < -0.3 is 14.8 Å². The number of likely N-dealkylation sites (tertiary alicyclic amines) is 1. The van der Waals surface area contributed by atoms with Gasteiger partial charge in [0, 0.05) is 18.8 Å². The molecule has 8 nitrogen and oxygen atoms in total. The fourth-order valence-corrected chi connectivity index (χ4v) is 3.67. The van der Waals surface area contributed by atoms with Crippen molar-refractivity contribution in [2.45, 2.75) is 32.2 Å². The van der Waals surface area contributed by atoms with Crippen molar-refractivity contribution >= 4 is 11.6 Å². The van der Waals surface area contributed by atoms with E-state index in [1.54, 1.807) is 10.9 Å². The summed E-state index contributed by atoms with van der Waals surface area (Å²) < 4.78 is 13.0. The van der Waals surface area contributed by atoms with Gasteiger partial charge in [-0.2, -0.15) is 0 Å². The minimum atomic E-state index is -0.271. The molecule has 1 N–H and O–H groups in total. The van der Waals surface area contributed by atoms with E-state index < -0.39 is 0 Å². The maximum atomic E-state index is 12.5. The number of carbonyl (C=O) groups is 1. The van der Waals surface area contributed by atoms with Crippen LogP contribution in [0, 0.1) is 6.92 Å². The third-order valence-corrected chi connectivity index (χ3v) is 5.32. The van der Waals surface area contributed by atoms with Gasteiger partial charge in [0.2, 0.25) is 0 Å². The summed E-state index contributed by atoms with van der Waals surface area (Å²) in [5.74, 6) is 0.580. The number of hydrogen-bond acceptors (Lipinski definition) is 6. The number of benzene rings is 1. The summed E-state index contributed by atoms with van der Waals surface area (Å²) in [6.07, 6.45) is 5.14. The molecule has 8 heteroatoms. The minimum Gasteiger partial charge on any atom is -0.492 e. The van der Waals surface area contributed by atoms with E-state index in [-0.39, 0.29) is 11.9 Å². The molecular weight excluding hydrogens is 358 g/mol. The number of anilines is 1. The van der Waals surface area contributed by atoms with E-state index in [0.717, 1.165) is 30.9 Å². The zero-order chi connectivity index (χ0) is 19.3. The van der Waals surface area contributed by atoms with Crippen molar-refractivity contribution in [1.29, 1.82) is 0 Å². The molecule has 4 rings (SSSR count). The number of aryl methyl sites for hydroxylation is 1. The molecule has 1 atom stereocenters. The molecule has 28 heavy (non-hydrogen) atoms. The van der Waals surface area contributed by atoms with E-state index >= 15 is 0 Å². The maximum absolute atomic E-state index is 12.5. The summed E-state index contributed by atoms with van der Waals surface area (Å²) in [5.41, 5.74) is 2.01. The first-order valence-electron chi connectivity index (χ1n) is 9.96. The molecule has 0 saturated carbocycles. The third-order valence-electron chi connectivity index (χ3n) is 5.32. The lowest BCUT2D eigenvalue weighted by atomic mass is 10.2. The lowest BCUT2D eigenvalue weighted by molar-refractivity contribution is 0.102. The SMILES string of the molecule is Cc1cc(NC(=O)c2cn([C@@H]3CCOC3)nn2)ccc1OCCN1CCCC1. The molecule has 2 aliphatic heterocycles. The van der Waals surface area contributed by atoms with Crippen LogP contribution in [-0.2, 0) is 4.74 Å². The highest BCUT2D eigenvalue weighted by atomic mass is 16.5. The zero-order valence-electron chi connectivity index (χ0n) is 16.3. The van der Waals surface area contributed by atoms with Crippen LogP contribution in [0.5, 0.6) is 5.75 Å². The Morgan fingerprint density at radius 3 is 2.96 bits per heavy atom. The van der Waals surface area contributed by atoms with Crippen molar-refractivity contribution in [2.24, 2.45) is 0 Å². The normalized spacial score (nSPS) is 19.8. The predicted octanol–water partition coefficient (Wildman–Crippen LogP) is 2.27. The lowest BCUT2D eigenvalue weighted by Gasteiger charge is -2.16. The van der Waals surface area contributed by atoms with E-state index in [4.69, 9.17) is 9.47 Å².